The van der Waals surface area contributed by atoms with Gasteiger partial charge in [0.25, 0.3) is 5.91 Å². The van der Waals surface area contributed by atoms with Crippen LogP contribution in [-0.4, -0.2) is 16.5 Å². The van der Waals surface area contributed by atoms with E-state index >= 15 is 0 Å². The lowest BCUT2D eigenvalue weighted by atomic mass is 9.97. The summed E-state index contributed by atoms with van der Waals surface area (Å²) in [6.07, 6.45) is 6.07. The molecule has 2 heterocycles. The number of thioether (sulfide) groups is 1. The zero-order valence-corrected chi connectivity index (χ0v) is 12.0. The van der Waals surface area contributed by atoms with Crippen LogP contribution in [0.25, 0.3) is 0 Å². The van der Waals surface area contributed by atoms with Gasteiger partial charge in [-0.05, 0) is 25.1 Å². The molecule has 2 nitrogen and oxygen atoms in total. The number of carbonyl (C=O) groups excluding carboxylic acids is 1. The van der Waals surface area contributed by atoms with Gasteiger partial charge in [0.2, 0.25) is 0 Å². The van der Waals surface area contributed by atoms with Gasteiger partial charge < -0.3 is 0 Å². The van der Waals surface area contributed by atoms with Crippen molar-refractivity contribution in [1.82, 2.24) is 0 Å². The number of rotatable bonds is 1. The molecule has 2 aliphatic heterocycles. The standard InChI is InChI=1S/C16H17NOS/c1-12-10-13(2)16(19-11-12)9-8-15(18)17(16)14-6-4-3-5-7-14/h3-10,13H,11H2,1-2H3/t13?,16-/m0/s1. The van der Waals surface area contributed by atoms with Gasteiger partial charge in [0, 0.05) is 23.4 Å². The summed E-state index contributed by atoms with van der Waals surface area (Å²) >= 11 is 1.85. The molecule has 0 aromatic heterocycles. The number of hydrogen-bond donors (Lipinski definition) is 0. The number of carbonyl (C=O) groups is 1. The monoisotopic (exact) mass is 271 g/mol. The van der Waals surface area contributed by atoms with E-state index < -0.39 is 0 Å². The van der Waals surface area contributed by atoms with Crippen molar-refractivity contribution in [3.63, 3.8) is 0 Å². The Bertz CT molecular complexity index is 563. The summed E-state index contributed by atoms with van der Waals surface area (Å²) in [6.45, 7) is 4.35. The Morgan fingerprint density at radius 3 is 2.74 bits per heavy atom. The number of benzene rings is 1. The summed E-state index contributed by atoms with van der Waals surface area (Å²) in [5, 5.41) is 0. The molecule has 2 atom stereocenters. The second-order valence-corrected chi connectivity index (χ2v) is 6.42. The Kier molecular flexibility index (Phi) is 3.02. The predicted octanol–water partition coefficient (Wildman–Crippen LogP) is 3.61. The molecule has 3 rings (SSSR count). The summed E-state index contributed by atoms with van der Waals surface area (Å²) in [7, 11) is 0. The van der Waals surface area contributed by atoms with E-state index in [2.05, 4.69) is 26.0 Å². The normalized spacial score (nSPS) is 30.0. The third-order valence-corrected chi connectivity index (χ3v) is 5.52. The number of amides is 1. The van der Waals surface area contributed by atoms with E-state index in [0.717, 1.165) is 11.4 Å². The molecular formula is C16H17NOS. The Labute approximate surface area is 118 Å². The lowest BCUT2D eigenvalue weighted by Gasteiger charge is -2.43. The topological polar surface area (TPSA) is 20.3 Å². The Balaban J connectivity index is 2.06. The van der Waals surface area contributed by atoms with Crippen molar-refractivity contribution in [3.8, 4) is 0 Å². The summed E-state index contributed by atoms with van der Waals surface area (Å²) < 4.78 is 0. The van der Waals surface area contributed by atoms with Crippen molar-refractivity contribution < 1.29 is 4.79 Å². The van der Waals surface area contributed by atoms with Gasteiger partial charge in [0.1, 0.15) is 4.87 Å². The van der Waals surface area contributed by atoms with Crippen LogP contribution in [0.2, 0.25) is 0 Å². The largest absolute Gasteiger partial charge is 0.290 e. The van der Waals surface area contributed by atoms with Crippen LogP contribution in [0, 0.1) is 5.92 Å². The molecule has 1 unspecified atom stereocenters. The van der Waals surface area contributed by atoms with Crippen LogP contribution >= 0.6 is 11.8 Å². The molecule has 0 aliphatic carbocycles. The first-order valence-electron chi connectivity index (χ1n) is 6.53. The second kappa shape index (κ2) is 4.57. The zero-order valence-electron chi connectivity index (χ0n) is 11.2. The fraction of sp³-hybridized carbons (Fsp3) is 0.312. The van der Waals surface area contributed by atoms with Crippen molar-refractivity contribution in [2.45, 2.75) is 18.7 Å². The minimum atomic E-state index is -0.252. The molecule has 1 aromatic rings. The molecule has 1 spiro atoms. The first kappa shape index (κ1) is 12.5. The fourth-order valence-electron chi connectivity index (χ4n) is 2.84. The average molecular weight is 271 g/mol. The van der Waals surface area contributed by atoms with Crippen molar-refractivity contribution in [3.05, 3.63) is 54.1 Å². The molecule has 98 valence electrons. The van der Waals surface area contributed by atoms with Crippen LogP contribution in [0.15, 0.2) is 54.1 Å². The first-order chi connectivity index (χ1) is 9.13. The number of anilines is 1. The van der Waals surface area contributed by atoms with E-state index in [1.807, 2.05) is 47.0 Å². The smallest absolute Gasteiger partial charge is 0.252 e. The van der Waals surface area contributed by atoms with Crippen molar-refractivity contribution >= 4 is 23.4 Å². The van der Waals surface area contributed by atoms with E-state index in [9.17, 15) is 4.79 Å². The average Bonchev–Trinajstić information content (AvgIpc) is 2.74. The highest BCUT2D eigenvalue weighted by atomic mass is 32.2. The maximum Gasteiger partial charge on any atom is 0.252 e. The maximum atomic E-state index is 12.3. The molecule has 1 amide bonds. The van der Waals surface area contributed by atoms with Gasteiger partial charge >= 0.3 is 0 Å². The van der Waals surface area contributed by atoms with E-state index in [0.29, 0.717) is 5.92 Å². The lowest BCUT2D eigenvalue weighted by Crippen LogP contribution is -2.49. The van der Waals surface area contributed by atoms with E-state index in [1.54, 1.807) is 6.08 Å². The predicted molar refractivity (Wildman–Crippen MR) is 81.2 cm³/mol. The van der Waals surface area contributed by atoms with Crippen LogP contribution in [0.1, 0.15) is 13.8 Å². The van der Waals surface area contributed by atoms with E-state index in [1.165, 1.54) is 5.57 Å². The first-order valence-corrected chi connectivity index (χ1v) is 7.52. The summed E-state index contributed by atoms with van der Waals surface area (Å²) in [6, 6.07) is 9.95. The molecule has 0 N–H and O–H groups in total. The van der Waals surface area contributed by atoms with Crippen molar-refractivity contribution in [2.24, 2.45) is 5.92 Å². The van der Waals surface area contributed by atoms with Gasteiger partial charge in [0.05, 0.1) is 0 Å². The van der Waals surface area contributed by atoms with Gasteiger partial charge in [-0.2, -0.15) is 0 Å². The molecule has 1 aromatic carbocycles. The van der Waals surface area contributed by atoms with E-state index in [4.69, 9.17) is 0 Å². The highest BCUT2D eigenvalue weighted by Crippen LogP contribution is 2.48. The molecule has 0 radical (unpaired) electrons. The molecule has 0 fully saturated rings. The van der Waals surface area contributed by atoms with Crippen LogP contribution in [0.3, 0.4) is 0 Å². The Morgan fingerprint density at radius 2 is 2.05 bits per heavy atom. The molecular weight excluding hydrogens is 254 g/mol. The van der Waals surface area contributed by atoms with Crippen LogP contribution in [0.5, 0.6) is 0 Å². The maximum absolute atomic E-state index is 12.3. The Hall–Kier alpha value is -1.48. The van der Waals surface area contributed by atoms with Gasteiger partial charge in [0.15, 0.2) is 0 Å². The molecule has 0 saturated carbocycles. The van der Waals surface area contributed by atoms with E-state index in [-0.39, 0.29) is 10.8 Å². The third-order valence-electron chi connectivity index (χ3n) is 3.77. The van der Waals surface area contributed by atoms with Crippen LogP contribution in [-0.2, 0) is 4.79 Å². The van der Waals surface area contributed by atoms with Gasteiger partial charge in [-0.15, -0.1) is 11.8 Å². The van der Waals surface area contributed by atoms with Crippen LogP contribution < -0.4 is 4.90 Å². The molecule has 0 saturated heterocycles. The molecule has 3 heteroatoms. The molecule has 2 aliphatic rings. The minimum Gasteiger partial charge on any atom is -0.290 e. The minimum absolute atomic E-state index is 0.0819. The third kappa shape index (κ3) is 1.93. The number of hydrogen-bond acceptors (Lipinski definition) is 2. The zero-order chi connectivity index (χ0) is 13.5. The second-order valence-electron chi connectivity index (χ2n) is 5.18. The Morgan fingerprint density at radius 1 is 1.32 bits per heavy atom. The van der Waals surface area contributed by atoms with Gasteiger partial charge in [-0.25, -0.2) is 0 Å². The molecule has 19 heavy (non-hydrogen) atoms. The number of nitrogens with zero attached hydrogens (tertiary/aromatic N) is 1. The van der Waals surface area contributed by atoms with Crippen molar-refractivity contribution in [2.75, 3.05) is 10.7 Å². The van der Waals surface area contributed by atoms with Gasteiger partial charge in [-0.3, -0.25) is 9.69 Å². The summed E-state index contributed by atoms with van der Waals surface area (Å²) in [5.74, 6) is 1.37. The highest BCUT2D eigenvalue weighted by molar-refractivity contribution is 8.01. The summed E-state index contributed by atoms with van der Waals surface area (Å²) in [5.41, 5.74) is 2.37. The lowest BCUT2D eigenvalue weighted by molar-refractivity contribution is -0.114. The van der Waals surface area contributed by atoms with Gasteiger partial charge in [-0.1, -0.05) is 36.8 Å². The van der Waals surface area contributed by atoms with Crippen molar-refractivity contribution in [1.29, 1.82) is 0 Å². The quantitative estimate of drug-likeness (QED) is 0.727. The SMILES string of the molecule is CC1=CC(C)[C@]2(C=CC(=O)N2c2ccccc2)SC1. The number of para-hydroxylation sites is 1. The fourth-order valence-corrected chi connectivity index (χ4v) is 4.22. The highest BCUT2D eigenvalue weighted by Gasteiger charge is 2.47. The molecule has 0 bridgehead atoms. The van der Waals surface area contributed by atoms with Crippen LogP contribution in [0.4, 0.5) is 5.69 Å². The summed E-state index contributed by atoms with van der Waals surface area (Å²) in [4.78, 5) is 14.0.